The van der Waals surface area contributed by atoms with E-state index in [1.54, 1.807) is 0 Å². The molecular formula is C15H26N2OS. The molecule has 0 amide bonds. The highest BCUT2D eigenvalue weighted by Gasteiger charge is 2.19. The average Bonchev–Trinajstić information content (AvgIpc) is 2.89. The van der Waals surface area contributed by atoms with Crippen molar-refractivity contribution in [2.24, 2.45) is 5.73 Å². The molecule has 1 aliphatic rings. The van der Waals surface area contributed by atoms with Crippen LogP contribution in [0.15, 0.2) is 12.1 Å². The van der Waals surface area contributed by atoms with Crippen LogP contribution in [0.1, 0.15) is 35.9 Å². The zero-order valence-electron chi connectivity index (χ0n) is 11.9. The fourth-order valence-electron chi connectivity index (χ4n) is 2.49. The second-order valence-electron chi connectivity index (χ2n) is 5.21. The molecule has 0 bridgehead atoms. The lowest BCUT2D eigenvalue weighted by molar-refractivity contribution is 0.00582. The summed E-state index contributed by atoms with van der Waals surface area (Å²) in [5.74, 6) is 0. The van der Waals surface area contributed by atoms with Crippen molar-refractivity contribution < 1.29 is 4.74 Å². The molecule has 0 radical (unpaired) electrons. The van der Waals surface area contributed by atoms with Crippen LogP contribution >= 0.6 is 11.3 Å². The maximum Gasteiger partial charge on any atom is 0.0599 e. The van der Waals surface area contributed by atoms with Crippen molar-refractivity contribution in [3.63, 3.8) is 0 Å². The van der Waals surface area contributed by atoms with Crippen molar-refractivity contribution in [3.8, 4) is 0 Å². The van der Waals surface area contributed by atoms with Gasteiger partial charge < -0.3 is 10.5 Å². The number of nitrogens with two attached hydrogens (primary N) is 1. The average molecular weight is 282 g/mol. The van der Waals surface area contributed by atoms with E-state index in [0.29, 0.717) is 6.10 Å². The first-order chi connectivity index (χ1) is 9.31. The molecule has 1 aromatic heterocycles. The highest BCUT2D eigenvalue weighted by atomic mass is 32.1. The van der Waals surface area contributed by atoms with E-state index >= 15 is 0 Å². The van der Waals surface area contributed by atoms with E-state index in [1.807, 2.05) is 11.3 Å². The van der Waals surface area contributed by atoms with Crippen molar-refractivity contribution in [1.29, 1.82) is 0 Å². The van der Waals surface area contributed by atoms with Crippen LogP contribution in [-0.2, 0) is 17.7 Å². The number of nitrogens with zero attached hydrogens (tertiary/aromatic N) is 1. The molecule has 4 heteroatoms. The Morgan fingerprint density at radius 1 is 1.32 bits per heavy atom. The highest BCUT2D eigenvalue weighted by Crippen LogP contribution is 2.21. The molecule has 0 aliphatic carbocycles. The Hall–Kier alpha value is -0.420. The zero-order chi connectivity index (χ0) is 13.5. The van der Waals surface area contributed by atoms with Crippen molar-refractivity contribution in [2.75, 3.05) is 26.2 Å². The molecule has 2 N–H and O–H groups in total. The molecule has 1 aromatic rings. The van der Waals surface area contributed by atoms with Crippen LogP contribution in [0.3, 0.4) is 0 Å². The van der Waals surface area contributed by atoms with Crippen molar-refractivity contribution >= 4 is 11.3 Å². The van der Waals surface area contributed by atoms with Crippen LogP contribution in [0.5, 0.6) is 0 Å². The van der Waals surface area contributed by atoms with E-state index < -0.39 is 0 Å². The number of aryl methyl sites for hydroxylation is 1. The smallest absolute Gasteiger partial charge is 0.0599 e. The van der Waals surface area contributed by atoms with Crippen LogP contribution in [0, 0.1) is 0 Å². The van der Waals surface area contributed by atoms with Gasteiger partial charge >= 0.3 is 0 Å². The summed E-state index contributed by atoms with van der Waals surface area (Å²) in [4.78, 5) is 5.54. The molecule has 1 aliphatic heterocycles. The van der Waals surface area contributed by atoms with E-state index in [1.165, 1.54) is 9.75 Å². The Morgan fingerprint density at radius 2 is 2.05 bits per heavy atom. The molecular weight excluding hydrogens is 256 g/mol. The first-order valence-electron chi connectivity index (χ1n) is 7.43. The van der Waals surface area contributed by atoms with Gasteiger partial charge in [0.15, 0.2) is 0 Å². The van der Waals surface area contributed by atoms with Gasteiger partial charge in [0.05, 0.1) is 6.10 Å². The maximum absolute atomic E-state index is 5.84. The lowest BCUT2D eigenvalue weighted by Crippen LogP contribution is -2.36. The third-order valence-corrected chi connectivity index (χ3v) is 4.90. The Bertz CT molecular complexity index is 359. The monoisotopic (exact) mass is 282 g/mol. The summed E-state index contributed by atoms with van der Waals surface area (Å²) in [6.45, 7) is 7.21. The third-order valence-electron chi connectivity index (χ3n) is 3.68. The van der Waals surface area contributed by atoms with E-state index in [9.17, 15) is 0 Å². The largest absolute Gasteiger partial charge is 0.378 e. The van der Waals surface area contributed by atoms with E-state index in [-0.39, 0.29) is 0 Å². The normalized spacial score (nSPS) is 18.0. The predicted molar refractivity (Wildman–Crippen MR) is 81.6 cm³/mol. The lowest BCUT2D eigenvalue weighted by atomic mass is 10.1. The van der Waals surface area contributed by atoms with Gasteiger partial charge in [-0.1, -0.05) is 6.92 Å². The van der Waals surface area contributed by atoms with Crippen molar-refractivity contribution in [3.05, 3.63) is 21.9 Å². The standard InChI is InChI=1S/C15H26N2OS/c1-2-14-4-5-15(19-14)12-17-9-6-13(7-10-17)18-11-3-8-16/h4-5,13H,2-3,6-12,16H2,1H3. The van der Waals surface area contributed by atoms with Gasteiger partial charge in [0.1, 0.15) is 0 Å². The van der Waals surface area contributed by atoms with Gasteiger partial charge in [-0.25, -0.2) is 0 Å². The molecule has 3 nitrogen and oxygen atoms in total. The number of hydrogen-bond donors (Lipinski definition) is 1. The number of likely N-dealkylation sites (tertiary alicyclic amines) is 1. The van der Waals surface area contributed by atoms with Crippen LogP contribution in [0.2, 0.25) is 0 Å². The van der Waals surface area contributed by atoms with Crippen LogP contribution in [0.25, 0.3) is 0 Å². The quantitative estimate of drug-likeness (QED) is 0.781. The molecule has 0 saturated carbocycles. The van der Waals surface area contributed by atoms with Crippen LogP contribution < -0.4 is 5.73 Å². The fourth-order valence-corrected chi connectivity index (χ4v) is 3.49. The maximum atomic E-state index is 5.84. The Kier molecular flexibility index (Phi) is 6.31. The molecule has 1 saturated heterocycles. The second kappa shape index (κ2) is 8.00. The molecule has 108 valence electrons. The van der Waals surface area contributed by atoms with Gasteiger partial charge in [-0.2, -0.15) is 0 Å². The van der Waals surface area contributed by atoms with Gasteiger partial charge in [-0.15, -0.1) is 11.3 Å². The second-order valence-corrected chi connectivity index (χ2v) is 6.46. The number of rotatable bonds is 7. The Balaban J connectivity index is 1.68. The first-order valence-corrected chi connectivity index (χ1v) is 8.25. The molecule has 0 aromatic carbocycles. The summed E-state index contributed by atoms with van der Waals surface area (Å²) in [6, 6.07) is 4.55. The highest BCUT2D eigenvalue weighted by molar-refractivity contribution is 7.11. The van der Waals surface area contributed by atoms with E-state index in [4.69, 9.17) is 10.5 Å². The van der Waals surface area contributed by atoms with Crippen molar-refractivity contribution in [1.82, 2.24) is 4.90 Å². The van der Waals surface area contributed by atoms with Gasteiger partial charge in [0.25, 0.3) is 0 Å². The summed E-state index contributed by atoms with van der Waals surface area (Å²) in [7, 11) is 0. The number of piperidine rings is 1. The minimum atomic E-state index is 0.456. The lowest BCUT2D eigenvalue weighted by Gasteiger charge is -2.31. The molecule has 2 rings (SSSR count). The number of ether oxygens (including phenoxy) is 1. The zero-order valence-corrected chi connectivity index (χ0v) is 12.8. The minimum absolute atomic E-state index is 0.456. The summed E-state index contributed by atoms with van der Waals surface area (Å²) < 4.78 is 5.84. The Labute approximate surface area is 120 Å². The summed E-state index contributed by atoms with van der Waals surface area (Å²) >= 11 is 1.96. The van der Waals surface area contributed by atoms with Gasteiger partial charge in [0.2, 0.25) is 0 Å². The topological polar surface area (TPSA) is 38.5 Å². The summed E-state index contributed by atoms with van der Waals surface area (Å²) in [5, 5.41) is 0. The summed E-state index contributed by atoms with van der Waals surface area (Å²) in [5.41, 5.74) is 5.48. The van der Waals surface area contributed by atoms with Crippen molar-refractivity contribution in [2.45, 2.75) is 45.3 Å². The minimum Gasteiger partial charge on any atom is -0.378 e. The number of thiophene rings is 1. The molecule has 2 heterocycles. The molecule has 0 atom stereocenters. The third kappa shape index (κ3) is 4.88. The first kappa shape index (κ1) is 15.0. The molecule has 19 heavy (non-hydrogen) atoms. The fraction of sp³-hybridized carbons (Fsp3) is 0.733. The number of hydrogen-bond acceptors (Lipinski definition) is 4. The molecule has 0 spiro atoms. The SMILES string of the molecule is CCc1ccc(CN2CCC(OCCCN)CC2)s1. The van der Waals surface area contributed by atoms with E-state index in [0.717, 1.165) is 58.5 Å². The van der Waals surface area contributed by atoms with Gasteiger partial charge in [0, 0.05) is 36.0 Å². The Morgan fingerprint density at radius 3 is 2.68 bits per heavy atom. The predicted octanol–water partition coefficient (Wildman–Crippen LogP) is 2.64. The van der Waals surface area contributed by atoms with Gasteiger partial charge in [-0.3, -0.25) is 4.90 Å². The summed E-state index contributed by atoms with van der Waals surface area (Å²) in [6.07, 6.45) is 4.92. The van der Waals surface area contributed by atoms with E-state index in [2.05, 4.69) is 24.0 Å². The molecule has 1 fully saturated rings. The van der Waals surface area contributed by atoms with Crippen LogP contribution in [0.4, 0.5) is 0 Å². The van der Waals surface area contributed by atoms with Gasteiger partial charge in [-0.05, 0) is 44.4 Å². The van der Waals surface area contributed by atoms with Crippen LogP contribution in [-0.4, -0.2) is 37.2 Å². The molecule has 0 unspecified atom stereocenters.